The van der Waals surface area contributed by atoms with E-state index in [0.29, 0.717) is 30.9 Å². The lowest BCUT2D eigenvalue weighted by Crippen LogP contribution is -2.57. The van der Waals surface area contributed by atoms with E-state index < -0.39 is 0 Å². The minimum atomic E-state index is -0.376. The average Bonchev–Trinajstić information content (AvgIpc) is 3.22. The van der Waals surface area contributed by atoms with Crippen LogP contribution in [0.1, 0.15) is 61.5 Å². The Labute approximate surface area is 164 Å². The Balaban J connectivity index is 1.65. The zero-order chi connectivity index (χ0) is 19.2. The first-order valence-corrected chi connectivity index (χ1v) is 10.9. The van der Waals surface area contributed by atoms with Crippen molar-refractivity contribution in [2.24, 2.45) is 0 Å². The normalized spacial score (nSPS) is 23.1. The van der Waals surface area contributed by atoms with Gasteiger partial charge in [0.05, 0.1) is 4.88 Å². The quantitative estimate of drug-likeness (QED) is 0.839. The Morgan fingerprint density at radius 1 is 1.19 bits per heavy atom. The number of likely N-dealkylation sites (tertiary alicyclic amines) is 2. The maximum absolute atomic E-state index is 13.2. The molecule has 2 aliphatic heterocycles. The molecule has 6 nitrogen and oxygen atoms in total. The molecule has 0 bridgehead atoms. The van der Waals surface area contributed by atoms with E-state index in [0.717, 1.165) is 38.5 Å². The summed E-state index contributed by atoms with van der Waals surface area (Å²) in [6.45, 7) is 3.87. The Morgan fingerprint density at radius 2 is 2.04 bits per heavy atom. The number of nitrogens with zero attached hydrogens (tertiary/aromatic N) is 2. The highest BCUT2D eigenvalue weighted by Gasteiger charge is 2.37. The summed E-state index contributed by atoms with van der Waals surface area (Å²) < 4.78 is 0. The number of hydrogen-bond donors (Lipinski definition) is 1. The molecule has 148 valence electrons. The molecule has 2 aliphatic rings. The molecule has 3 rings (SSSR count). The first-order chi connectivity index (χ1) is 13.1. The van der Waals surface area contributed by atoms with E-state index in [4.69, 9.17) is 0 Å². The molecule has 0 spiro atoms. The highest BCUT2D eigenvalue weighted by atomic mass is 32.1. The van der Waals surface area contributed by atoms with E-state index in [-0.39, 0.29) is 29.8 Å². The molecule has 2 saturated heterocycles. The van der Waals surface area contributed by atoms with Crippen LogP contribution < -0.4 is 5.32 Å². The minimum absolute atomic E-state index is 0.0202. The maximum Gasteiger partial charge on any atom is 0.264 e. The monoisotopic (exact) mass is 391 g/mol. The molecule has 1 aromatic rings. The molecule has 2 unspecified atom stereocenters. The predicted molar refractivity (Wildman–Crippen MR) is 106 cm³/mol. The van der Waals surface area contributed by atoms with E-state index in [1.165, 1.54) is 11.3 Å². The van der Waals surface area contributed by atoms with Crippen molar-refractivity contribution in [3.05, 3.63) is 22.4 Å². The van der Waals surface area contributed by atoms with Gasteiger partial charge in [0.15, 0.2) is 0 Å². The van der Waals surface area contributed by atoms with Gasteiger partial charge < -0.3 is 15.1 Å². The summed E-state index contributed by atoms with van der Waals surface area (Å²) in [6, 6.07) is 3.33. The van der Waals surface area contributed by atoms with E-state index in [1.54, 1.807) is 4.90 Å². The van der Waals surface area contributed by atoms with Crippen molar-refractivity contribution in [2.75, 3.05) is 19.6 Å². The lowest BCUT2D eigenvalue weighted by molar-refractivity contribution is -0.139. The van der Waals surface area contributed by atoms with Crippen molar-refractivity contribution in [2.45, 2.75) is 64.0 Å². The number of piperidine rings is 2. The summed E-state index contributed by atoms with van der Waals surface area (Å²) in [5, 5.41) is 4.94. The topological polar surface area (TPSA) is 69.7 Å². The van der Waals surface area contributed by atoms with Crippen LogP contribution in [0.2, 0.25) is 0 Å². The SMILES string of the molecule is CCCC(=O)NC1CCCN(C(=O)C2CCCCN2C(=O)c2cccs2)C1. The second-order valence-corrected chi connectivity index (χ2v) is 8.38. The van der Waals surface area contributed by atoms with Gasteiger partial charge >= 0.3 is 0 Å². The molecule has 0 saturated carbocycles. The number of amides is 3. The third-order valence-corrected chi connectivity index (χ3v) is 6.21. The maximum atomic E-state index is 13.2. The second kappa shape index (κ2) is 9.35. The summed E-state index contributed by atoms with van der Waals surface area (Å²) >= 11 is 1.42. The Hall–Kier alpha value is -1.89. The van der Waals surface area contributed by atoms with Crippen LogP contribution in [0.5, 0.6) is 0 Å². The fourth-order valence-corrected chi connectivity index (χ4v) is 4.68. The second-order valence-electron chi connectivity index (χ2n) is 7.43. The minimum Gasteiger partial charge on any atom is -0.352 e. The van der Waals surface area contributed by atoms with Gasteiger partial charge in [-0.2, -0.15) is 0 Å². The molecule has 7 heteroatoms. The average molecular weight is 392 g/mol. The van der Waals surface area contributed by atoms with Gasteiger partial charge in [-0.3, -0.25) is 14.4 Å². The number of nitrogens with one attached hydrogen (secondary N) is 1. The molecule has 3 amide bonds. The Bertz CT molecular complexity index is 661. The number of carbonyl (C=O) groups excluding carboxylic acids is 3. The molecule has 0 aromatic carbocycles. The fraction of sp³-hybridized carbons (Fsp3) is 0.650. The predicted octanol–water partition coefficient (Wildman–Crippen LogP) is 2.65. The van der Waals surface area contributed by atoms with Crippen molar-refractivity contribution in [3.63, 3.8) is 0 Å². The van der Waals surface area contributed by atoms with Crippen LogP contribution in [0, 0.1) is 0 Å². The van der Waals surface area contributed by atoms with Gasteiger partial charge in [-0.1, -0.05) is 13.0 Å². The van der Waals surface area contributed by atoms with Gasteiger partial charge in [0.1, 0.15) is 6.04 Å². The van der Waals surface area contributed by atoms with E-state index in [9.17, 15) is 14.4 Å². The number of rotatable bonds is 5. The van der Waals surface area contributed by atoms with Crippen LogP contribution in [-0.2, 0) is 9.59 Å². The molecular formula is C20H29N3O3S. The van der Waals surface area contributed by atoms with E-state index in [1.807, 2.05) is 29.3 Å². The van der Waals surface area contributed by atoms with Crippen LogP contribution in [0.15, 0.2) is 17.5 Å². The molecule has 2 atom stereocenters. The van der Waals surface area contributed by atoms with Crippen LogP contribution in [0.3, 0.4) is 0 Å². The molecule has 1 aromatic heterocycles. The van der Waals surface area contributed by atoms with Gasteiger partial charge in [-0.15, -0.1) is 11.3 Å². The van der Waals surface area contributed by atoms with Crippen LogP contribution in [-0.4, -0.2) is 59.2 Å². The van der Waals surface area contributed by atoms with E-state index >= 15 is 0 Å². The van der Waals surface area contributed by atoms with Gasteiger partial charge in [0, 0.05) is 32.1 Å². The van der Waals surface area contributed by atoms with Gasteiger partial charge in [0.25, 0.3) is 5.91 Å². The summed E-state index contributed by atoms with van der Waals surface area (Å²) in [5.41, 5.74) is 0. The number of hydrogen-bond acceptors (Lipinski definition) is 4. The fourth-order valence-electron chi connectivity index (χ4n) is 4.01. The summed E-state index contributed by atoms with van der Waals surface area (Å²) in [6.07, 6.45) is 5.76. The summed E-state index contributed by atoms with van der Waals surface area (Å²) in [4.78, 5) is 42.3. The van der Waals surface area contributed by atoms with Crippen molar-refractivity contribution in [1.29, 1.82) is 0 Å². The molecule has 27 heavy (non-hydrogen) atoms. The van der Waals surface area contributed by atoms with Crippen LogP contribution in [0.4, 0.5) is 0 Å². The van der Waals surface area contributed by atoms with Crippen molar-refractivity contribution < 1.29 is 14.4 Å². The van der Waals surface area contributed by atoms with Crippen LogP contribution in [0.25, 0.3) is 0 Å². The molecule has 2 fully saturated rings. The largest absolute Gasteiger partial charge is 0.352 e. The molecular weight excluding hydrogens is 362 g/mol. The number of carbonyl (C=O) groups is 3. The van der Waals surface area contributed by atoms with E-state index in [2.05, 4.69) is 5.32 Å². The van der Waals surface area contributed by atoms with Crippen molar-refractivity contribution >= 4 is 29.1 Å². The zero-order valence-electron chi connectivity index (χ0n) is 16.0. The smallest absolute Gasteiger partial charge is 0.264 e. The zero-order valence-corrected chi connectivity index (χ0v) is 16.8. The highest BCUT2D eigenvalue weighted by Crippen LogP contribution is 2.24. The first-order valence-electron chi connectivity index (χ1n) is 10.0. The summed E-state index contributed by atoms with van der Waals surface area (Å²) in [5.74, 6) is 0.0610. The highest BCUT2D eigenvalue weighted by molar-refractivity contribution is 7.12. The van der Waals surface area contributed by atoms with Crippen LogP contribution >= 0.6 is 11.3 Å². The molecule has 1 N–H and O–H groups in total. The van der Waals surface area contributed by atoms with Gasteiger partial charge in [-0.05, 0) is 50.0 Å². The number of thiophene rings is 1. The third-order valence-electron chi connectivity index (χ3n) is 5.36. The molecule has 0 radical (unpaired) electrons. The van der Waals surface area contributed by atoms with Gasteiger partial charge in [-0.25, -0.2) is 0 Å². The standard InChI is InChI=1S/C20H29N3O3S/c1-2-7-18(24)21-15-8-5-11-22(14-15)19(25)16-9-3-4-12-23(16)20(26)17-10-6-13-27-17/h6,10,13,15-16H,2-5,7-9,11-12,14H2,1H3,(H,21,24). The molecule has 3 heterocycles. The summed E-state index contributed by atoms with van der Waals surface area (Å²) in [7, 11) is 0. The lowest BCUT2D eigenvalue weighted by atomic mass is 9.98. The first kappa shape index (κ1) is 19.9. The third kappa shape index (κ3) is 4.89. The Morgan fingerprint density at radius 3 is 2.78 bits per heavy atom. The van der Waals surface area contributed by atoms with Crippen molar-refractivity contribution in [1.82, 2.24) is 15.1 Å². The van der Waals surface area contributed by atoms with Crippen molar-refractivity contribution in [3.8, 4) is 0 Å². The lowest BCUT2D eigenvalue weighted by Gasteiger charge is -2.40. The Kier molecular flexibility index (Phi) is 6.88. The van der Waals surface area contributed by atoms with Gasteiger partial charge in [0.2, 0.25) is 11.8 Å². The molecule has 0 aliphatic carbocycles.